The molecule has 0 heterocycles. The molecule has 0 aromatic rings. The molecule has 2 rings (SSSR count). The van der Waals surface area contributed by atoms with Crippen LogP contribution in [-0.4, -0.2) is 29.8 Å². The van der Waals surface area contributed by atoms with E-state index in [9.17, 15) is 14.4 Å². The molecule has 0 unspecified atom stereocenters. The molecule has 2 aliphatic carbocycles. The van der Waals surface area contributed by atoms with Gasteiger partial charge in [-0.15, -0.1) is 0 Å². The smallest absolute Gasteiger partial charge is 0.224 e. The third-order valence-electron chi connectivity index (χ3n) is 4.54. The van der Waals surface area contributed by atoms with Gasteiger partial charge in [-0.2, -0.15) is 5.26 Å². The molecule has 0 aromatic heterocycles. The number of nitrogens with one attached hydrogen (secondary N) is 2. The fourth-order valence-corrected chi connectivity index (χ4v) is 3.04. The van der Waals surface area contributed by atoms with Crippen LogP contribution in [-0.2, 0) is 14.4 Å². The molecule has 7 heteroatoms. The molecule has 0 bridgehead atoms. The minimum atomic E-state index is -0.720. The Labute approximate surface area is 136 Å². The summed E-state index contributed by atoms with van der Waals surface area (Å²) in [5.74, 6) is -1.77. The summed E-state index contributed by atoms with van der Waals surface area (Å²) in [7, 11) is 0. The first kappa shape index (κ1) is 17.3. The van der Waals surface area contributed by atoms with Crippen LogP contribution in [0.25, 0.3) is 0 Å². The van der Waals surface area contributed by atoms with Crippen molar-refractivity contribution in [3.8, 4) is 6.07 Å². The zero-order chi connectivity index (χ0) is 16.8. The van der Waals surface area contributed by atoms with E-state index in [1.807, 2.05) is 6.07 Å². The molecule has 0 radical (unpaired) electrons. The fraction of sp³-hybridized carbons (Fsp3) is 0.750. The highest BCUT2D eigenvalue weighted by Crippen LogP contribution is 2.30. The van der Waals surface area contributed by atoms with Crippen molar-refractivity contribution in [2.75, 3.05) is 0 Å². The highest BCUT2D eigenvalue weighted by molar-refractivity contribution is 5.87. The molecule has 3 atom stereocenters. The lowest BCUT2D eigenvalue weighted by Gasteiger charge is -2.28. The van der Waals surface area contributed by atoms with Gasteiger partial charge in [0.2, 0.25) is 17.7 Å². The van der Waals surface area contributed by atoms with Gasteiger partial charge in [0, 0.05) is 24.3 Å². The van der Waals surface area contributed by atoms with E-state index in [4.69, 9.17) is 11.0 Å². The van der Waals surface area contributed by atoms with E-state index in [2.05, 4.69) is 10.6 Å². The van der Waals surface area contributed by atoms with E-state index < -0.39 is 23.8 Å². The van der Waals surface area contributed by atoms with Gasteiger partial charge in [-0.1, -0.05) is 12.8 Å². The van der Waals surface area contributed by atoms with Crippen LogP contribution in [0.15, 0.2) is 0 Å². The van der Waals surface area contributed by atoms with Gasteiger partial charge in [0.15, 0.2) is 0 Å². The molecule has 2 saturated carbocycles. The second-order valence-electron chi connectivity index (χ2n) is 6.47. The Kier molecular flexibility index (Phi) is 5.97. The Morgan fingerprint density at radius 1 is 1.13 bits per heavy atom. The number of nitriles is 1. The fourth-order valence-electron chi connectivity index (χ4n) is 3.04. The number of carbonyl (C=O) groups is 3. The molecule has 0 aromatic carbocycles. The topological polar surface area (TPSA) is 125 Å². The van der Waals surface area contributed by atoms with Crippen molar-refractivity contribution < 1.29 is 14.4 Å². The normalized spacial score (nSPS) is 25.0. The minimum Gasteiger partial charge on any atom is -0.369 e. The van der Waals surface area contributed by atoms with Crippen LogP contribution in [0, 0.1) is 23.2 Å². The zero-order valence-electron chi connectivity index (χ0n) is 13.2. The van der Waals surface area contributed by atoms with Crippen LogP contribution in [0.5, 0.6) is 0 Å². The van der Waals surface area contributed by atoms with E-state index in [0.29, 0.717) is 12.8 Å². The summed E-state index contributed by atoms with van der Waals surface area (Å²) in [6.45, 7) is 0. The van der Waals surface area contributed by atoms with Crippen LogP contribution in [0.4, 0.5) is 0 Å². The van der Waals surface area contributed by atoms with Crippen molar-refractivity contribution in [1.29, 1.82) is 5.26 Å². The first-order valence-corrected chi connectivity index (χ1v) is 8.30. The SMILES string of the molecule is N#C[C@H](CCC(=O)NC1CC1)NC(=O)[C@@H]1CCCC[C@@H]1C(N)=O. The van der Waals surface area contributed by atoms with Gasteiger partial charge in [-0.05, 0) is 32.1 Å². The molecule has 0 aliphatic heterocycles. The van der Waals surface area contributed by atoms with E-state index in [1.54, 1.807) is 0 Å². The lowest BCUT2D eigenvalue weighted by Crippen LogP contribution is -2.45. The molecule has 2 aliphatic rings. The van der Waals surface area contributed by atoms with E-state index in [-0.39, 0.29) is 30.7 Å². The monoisotopic (exact) mass is 320 g/mol. The number of nitrogens with zero attached hydrogens (tertiary/aromatic N) is 1. The number of nitrogens with two attached hydrogens (primary N) is 1. The standard InChI is InChI=1S/C16H24N4O3/c17-9-11(7-8-14(21)19-10-5-6-10)20-16(23)13-4-2-1-3-12(13)15(18)22/h10-13H,1-8H2,(H2,18,22)(H,19,21)(H,20,23)/t11-,12-,13+/m0/s1. The molecule has 126 valence electrons. The van der Waals surface area contributed by atoms with Crippen LogP contribution in [0.3, 0.4) is 0 Å². The molecule has 0 spiro atoms. The van der Waals surface area contributed by atoms with Crippen LogP contribution < -0.4 is 16.4 Å². The van der Waals surface area contributed by atoms with Crippen LogP contribution in [0.2, 0.25) is 0 Å². The van der Waals surface area contributed by atoms with Gasteiger partial charge < -0.3 is 16.4 Å². The number of amides is 3. The van der Waals surface area contributed by atoms with Crippen LogP contribution in [0.1, 0.15) is 51.4 Å². The Bertz CT molecular complexity index is 510. The highest BCUT2D eigenvalue weighted by Gasteiger charge is 2.35. The Hall–Kier alpha value is -2.10. The Morgan fingerprint density at radius 3 is 2.35 bits per heavy atom. The molecule has 2 fully saturated rings. The van der Waals surface area contributed by atoms with Gasteiger partial charge >= 0.3 is 0 Å². The summed E-state index contributed by atoms with van der Waals surface area (Å²) in [5, 5.41) is 14.7. The van der Waals surface area contributed by atoms with Gasteiger partial charge in [-0.25, -0.2) is 0 Å². The van der Waals surface area contributed by atoms with E-state index in [1.165, 1.54) is 0 Å². The van der Waals surface area contributed by atoms with Crippen molar-refractivity contribution in [2.24, 2.45) is 17.6 Å². The average Bonchev–Trinajstić information content (AvgIpc) is 3.35. The van der Waals surface area contributed by atoms with Crippen molar-refractivity contribution in [2.45, 2.75) is 63.5 Å². The van der Waals surface area contributed by atoms with E-state index >= 15 is 0 Å². The van der Waals surface area contributed by atoms with Crippen LogP contribution >= 0.6 is 0 Å². The second-order valence-corrected chi connectivity index (χ2v) is 6.47. The number of carbonyl (C=O) groups excluding carboxylic acids is 3. The van der Waals surface area contributed by atoms with Gasteiger partial charge in [0.25, 0.3) is 0 Å². The summed E-state index contributed by atoms with van der Waals surface area (Å²) in [6, 6.07) is 1.58. The average molecular weight is 320 g/mol. The molecule has 23 heavy (non-hydrogen) atoms. The van der Waals surface area contributed by atoms with Gasteiger partial charge in [0.05, 0.1) is 6.07 Å². The lowest BCUT2D eigenvalue weighted by molar-refractivity contribution is -0.135. The third-order valence-corrected chi connectivity index (χ3v) is 4.54. The summed E-state index contributed by atoms with van der Waals surface area (Å²) >= 11 is 0. The molecule has 0 saturated heterocycles. The number of hydrogen-bond donors (Lipinski definition) is 3. The third kappa shape index (κ3) is 5.23. The van der Waals surface area contributed by atoms with Crippen molar-refractivity contribution in [3.63, 3.8) is 0 Å². The molecule has 4 N–H and O–H groups in total. The number of primary amides is 1. The van der Waals surface area contributed by atoms with E-state index in [0.717, 1.165) is 25.7 Å². The van der Waals surface area contributed by atoms with Gasteiger partial charge in [-0.3, -0.25) is 14.4 Å². The highest BCUT2D eigenvalue weighted by atomic mass is 16.2. The first-order chi connectivity index (χ1) is 11.0. The van der Waals surface area contributed by atoms with Gasteiger partial charge in [0.1, 0.15) is 6.04 Å². The maximum Gasteiger partial charge on any atom is 0.224 e. The predicted octanol–water partition coefficient (Wildman–Crippen LogP) is 0.345. The lowest BCUT2D eigenvalue weighted by atomic mass is 9.78. The maximum absolute atomic E-state index is 12.3. The second kappa shape index (κ2) is 7.95. The number of hydrogen-bond acceptors (Lipinski definition) is 4. The summed E-state index contributed by atoms with van der Waals surface area (Å²) in [5.41, 5.74) is 5.37. The minimum absolute atomic E-state index is 0.0883. The summed E-state index contributed by atoms with van der Waals surface area (Å²) in [4.78, 5) is 35.5. The van der Waals surface area contributed by atoms with Crippen molar-refractivity contribution in [3.05, 3.63) is 0 Å². The van der Waals surface area contributed by atoms with Crippen molar-refractivity contribution >= 4 is 17.7 Å². The Morgan fingerprint density at radius 2 is 1.78 bits per heavy atom. The molecule has 7 nitrogen and oxygen atoms in total. The Balaban J connectivity index is 1.81. The molecular formula is C16H24N4O3. The number of rotatable bonds is 7. The predicted molar refractivity (Wildman–Crippen MR) is 82.6 cm³/mol. The summed E-state index contributed by atoms with van der Waals surface area (Å²) in [6.07, 6.45) is 5.51. The maximum atomic E-state index is 12.3. The quantitative estimate of drug-likeness (QED) is 0.625. The largest absolute Gasteiger partial charge is 0.369 e. The zero-order valence-corrected chi connectivity index (χ0v) is 13.2. The van der Waals surface area contributed by atoms with Crippen molar-refractivity contribution in [1.82, 2.24) is 10.6 Å². The molecule has 3 amide bonds. The first-order valence-electron chi connectivity index (χ1n) is 8.30. The summed E-state index contributed by atoms with van der Waals surface area (Å²) < 4.78 is 0. The molecular weight excluding hydrogens is 296 g/mol.